The molecule has 1 heterocycles. The number of aryl methyl sites for hydroxylation is 1. The monoisotopic (exact) mass is 312 g/mol. The minimum Gasteiger partial charge on any atom is -0.350 e. The summed E-state index contributed by atoms with van der Waals surface area (Å²) in [5, 5.41) is 8.54. The molecule has 1 aromatic heterocycles. The van der Waals surface area contributed by atoms with Crippen LogP contribution in [-0.2, 0) is 11.8 Å². The molecule has 0 unspecified atom stereocenters. The van der Waals surface area contributed by atoms with Crippen molar-refractivity contribution in [2.75, 3.05) is 6.54 Å². The van der Waals surface area contributed by atoms with E-state index in [1.807, 2.05) is 25.4 Å². The van der Waals surface area contributed by atoms with Gasteiger partial charge in [0.25, 0.3) is 5.91 Å². The lowest BCUT2D eigenvalue weighted by atomic mass is 9.95. The molecule has 1 fully saturated rings. The highest BCUT2D eigenvalue weighted by Gasteiger charge is 2.13. The number of rotatable bonds is 5. The standard InChI is InChI=1S/C18H24N4O/c1-22-13-14(16-9-5-6-10-17(16)22)11-20-21-18(23)12-19-15-7-3-2-4-8-15/h5-6,9-11,13,15,19H,2-4,7-8,12H2,1H3,(H,21,23)/b20-11-. The molecule has 23 heavy (non-hydrogen) atoms. The van der Waals surface area contributed by atoms with Crippen molar-refractivity contribution < 1.29 is 4.79 Å². The second kappa shape index (κ2) is 7.42. The fraction of sp³-hybridized carbons (Fsp3) is 0.444. The summed E-state index contributed by atoms with van der Waals surface area (Å²) in [5.41, 5.74) is 4.76. The van der Waals surface area contributed by atoms with Crippen molar-refractivity contribution in [1.29, 1.82) is 0 Å². The van der Waals surface area contributed by atoms with E-state index in [1.165, 1.54) is 32.1 Å². The molecule has 0 saturated heterocycles. The van der Waals surface area contributed by atoms with Gasteiger partial charge in [0.05, 0.1) is 12.8 Å². The Hall–Kier alpha value is -2.14. The first-order valence-electron chi connectivity index (χ1n) is 8.33. The summed E-state index contributed by atoms with van der Waals surface area (Å²) in [4.78, 5) is 11.9. The number of carbonyl (C=O) groups is 1. The van der Waals surface area contributed by atoms with Gasteiger partial charge in [-0.05, 0) is 18.9 Å². The molecule has 1 saturated carbocycles. The van der Waals surface area contributed by atoms with Crippen molar-refractivity contribution >= 4 is 23.0 Å². The normalized spacial score (nSPS) is 16.2. The van der Waals surface area contributed by atoms with Crippen LogP contribution >= 0.6 is 0 Å². The fourth-order valence-corrected chi connectivity index (χ4v) is 3.23. The van der Waals surface area contributed by atoms with Crippen molar-refractivity contribution in [2.45, 2.75) is 38.1 Å². The van der Waals surface area contributed by atoms with Crippen LogP contribution in [0.5, 0.6) is 0 Å². The first-order valence-corrected chi connectivity index (χ1v) is 8.33. The Kier molecular flexibility index (Phi) is 5.08. The van der Waals surface area contributed by atoms with E-state index in [0.717, 1.165) is 16.5 Å². The van der Waals surface area contributed by atoms with Gasteiger partial charge in [-0.25, -0.2) is 5.43 Å². The first kappa shape index (κ1) is 15.7. The minimum atomic E-state index is -0.0907. The third kappa shape index (κ3) is 3.99. The maximum atomic E-state index is 11.9. The molecule has 122 valence electrons. The minimum absolute atomic E-state index is 0.0907. The lowest BCUT2D eigenvalue weighted by Crippen LogP contribution is -2.38. The average molecular weight is 312 g/mol. The zero-order valence-electron chi connectivity index (χ0n) is 13.6. The van der Waals surface area contributed by atoms with Gasteiger partial charge < -0.3 is 9.88 Å². The van der Waals surface area contributed by atoms with E-state index in [9.17, 15) is 4.79 Å². The van der Waals surface area contributed by atoms with Crippen LogP contribution in [0.4, 0.5) is 0 Å². The van der Waals surface area contributed by atoms with Crippen molar-refractivity contribution in [2.24, 2.45) is 12.1 Å². The Morgan fingerprint density at radius 3 is 2.91 bits per heavy atom. The molecule has 1 aliphatic rings. The molecule has 5 nitrogen and oxygen atoms in total. The zero-order valence-corrected chi connectivity index (χ0v) is 13.6. The van der Waals surface area contributed by atoms with E-state index >= 15 is 0 Å². The number of hydrogen-bond acceptors (Lipinski definition) is 3. The van der Waals surface area contributed by atoms with E-state index < -0.39 is 0 Å². The fourth-order valence-electron chi connectivity index (χ4n) is 3.23. The van der Waals surface area contributed by atoms with Gasteiger partial charge in [0, 0.05) is 35.8 Å². The third-order valence-corrected chi connectivity index (χ3v) is 4.48. The number of carbonyl (C=O) groups excluding carboxylic acids is 1. The Labute approximate surface area is 136 Å². The summed E-state index contributed by atoms with van der Waals surface area (Å²) in [5.74, 6) is -0.0907. The van der Waals surface area contributed by atoms with Gasteiger partial charge >= 0.3 is 0 Å². The maximum Gasteiger partial charge on any atom is 0.254 e. The van der Waals surface area contributed by atoms with Crippen LogP contribution in [0.2, 0.25) is 0 Å². The topological polar surface area (TPSA) is 58.4 Å². The van der Waals surface area contributed by atoms with Crippen LogP contribution < -0.4 is 10.7 Å². The van der Waals surface area contributed by atoms with Crippen LogP contribution in [0, 0.1) is 0 Å². The second-order valence-corrected chi connectivity index (χ2v) is 6.22. The largest absolute Gasteiger partial charge is 0.350 e. The summed E-state index contributed by atoms with van der Waals surface area (Å²) in [6.07, 6.45) is 9.91. The Morgan fingerprint density at radius 2 is 2.09 bits per heavy atom. The number of para-hydroxylation sites is 1. The number of nitrogens with one attached hydrogen (secondary N) is 2. The van der Waals surface area contributed by atoms with Crippen LogP contribution in [0.3, 0.4) is 0 Å². The van der Waals surface area contributed by atoms with Crippen LogP contribution in [0.15, 0.2) is 35.6 Å². The number of hydrogen-bond donors (Lipinski definition) is 2. The van der Waals surface area contributed by atoms with Gasteiger partial charge in [0.15, 0.2) is 0 Å². The summed E-state index contributed by atoms with van der Waals surface area (Å²) < 4.78 is 2.06. The van der Waals surface area contributed by atoms with Crippen LogP contribution in [0.25, 0.3) is 10.9 Å². The summed E-state index contributed by atoms with van der Waals surface area (Å²) in [6.45, 7) is 0.331. The number of aromatic nitrogens is 1. The van der Waals surface area contributed by atoms with Gasteiger partial charge in [0.2, 0.25) is 0 Å². The Bertz CT molecular complexity index is 698. The number of hydrazone groups is 1. The number of fused-ring (bicyclic) bond motifs is 1. The van der Waals surface area contributed by atoms with E-state index in [-0.39, 0.29) is 5.91 Å². The third-order valence-electron chi connectivity index (χ3n) is 4.48. The van der Waals surface area contributed by atoms with Crippen molar-refractivity contribution in [3.8, 4) is 0 Å². The molecule has 2 aromatic rings. The quantitative estimate of drug-likeness (QED) is 0.658. The predicted molar refractivity (Wildman–Crippen MR) is 93.5 cm³/mol. The summed E-state index contributed by atoms with van der Waals surface area (Å²) in [7, 11) is 2.01. The smallest absolute Gasteiger partial charge is 0.254 e. The molecule has 1 amide bonds. The highest BCUT2D eigenvalue weighted by Crippen LogP contribution is 2.18. The molecule has 1 aliphatic carbocycles. The summed E-state index contributed by atoms with van der Waals surface area (Å²) in [6, 6.07) is 8.63. The average Bonchev–Trinajstić information content (AvgIpc) is 2.91. The van der Waals surface area contributed by atoms with E-state index in [1.54, 1.807) is 6.21 Å². The molecule has 0 aliphatic heterocycles. The molecule has 1 aromatic carbocycles. The molecule has 3 rings (SSSR count). The maximum absolute atomic E-state index is 11.9. The highest BCUT2D eigenvalue weighted by molar-refractivity contribution is 5.99. The molecular weight excluding hydrogens is 288 g/mol. The second-order valence-electron chi connectivity index (χ2n) is 6.22. The van der Waals surface area contributed by atoms with Crippen molar-refractivity contribution in [3.63, 3.8) is 0 Å². The van der Waals surface area contributed by atoms with Crippen molar-refractivity contribution in [1.82, 2.24) is 15.3 Å². The molecule has 0 atom stereocenters. The van der Waals surface area contributed by atoms with Gasteiger partial charge in [-0.15, -0.1) is 0 Å². The summed E-state index contributed by atoms with van der Waals surface area (Å²) >= 11 is 0. The van der Waals surface area contributed by atoms with Crippen LogP contribution in [-0.4, -0.2) is 29.3 Å². The number of amides is 1. The Morgan fingerprint density at radius 1 is 1.30 bits per heavy atom. The van der Waals surface area contributed by atoms with Gasteiger partial charge in [-0.1, -0.05) is 37.5 Å². The Balaban J connectivity index is 1.52. The molecule has 2 N–H and O–H groups in total. The first-order chi connectivity index (χ1) is 11.2. The molecule has 0 spiro atoms. The molecule has 0 radical (unpaired) electrons. The van der Waals surface area contributed by atoms with Gasteiger partial charge in [0.1, 0.15) is 0 Å². The van der Waals surface area contributed by atoms with E-state index in [4.69, 9.17) is 0 Å². The SMILES string of the molecule is Cn1cc(/C=N\NC(=O)CNC2CCCCC2)c2ccccc21. The number of nitrogens with zero attached hydrogens (tertiary/aromatic N) is 2. The lowest BCUT2D eigenvalue weighted by molar-refractivity contribution is -0.120. The number of benzene rings is 1. The highest BCUT2D eigenvalue weighted by atomic mass is 16.2. The predicted octanol–water partition coefficient (Wildman–Crippen LogP) is 2.55. The van der Waals surface area contributed by atoms with Crippen molar-refractivity contribution in [3.05, 3.63) is 36.0 Å². The lowest BCUT2D eigenvalue weighted by Gasteiger charge is -2.22. The molecule has 0 bridgehead atoms. The van der Waals surface area contributed by atoms with E-state index in [0.29, 0.717) is 12.6 Å². The molecule has 5 heteroatoms. The van der Waals surface area contributed by atoms with Gasteiger partial charge in [-0.2, -0.15) is 5.10 Å². The zero-order chi connectivity index (χ0) is 16.1. The van der Waals surface area contributed by atoms with Gasteiger partial charge in [-0.3, -0.25) is 4.79 Å². The van der Waals surface area contributed by atoms with E-state index in [2.05, 4.69) is 32.5 Å². The van der Waals surface area contributed by atoms with Crippen LogP contribution in [0.1, 0.15) is 37.7 Å². The molecular formula is C18H24N4O.